The van der Waals surface area contributed by atoms with E-state index in [2.05, 4.69) is 20.1 Å². The molecule has 2 aromatic rings. The van der Waals surface area contributed by atoms with Crippen molar-refractivity contribution in [3.8, 4) is 5.75 Å². The standard InChI is InChI=1S/C19H22N4O2/c1-13(18-22-21-17-9-3-2-6-10-23(17)18)20-19(24)15-11-14-7-4-5-8-16(14)25-12-15/h4-5,7-8,11,13H,2-3,6,9-10,12H2,1H3,(H,20,24)/t13-/m0/s1. The smallest absolute Gasteiger partial charge is 0.251 e. The van der Waals surface area contributed by atoms with E-state index in [1.165, 1.54) is 6.42 Å². The van der Waals surface area contributed by atoms with Gasteiger partial charge in [-0.05, 0) is 31.9 Å². The zero-order chi connectivity index (χ0) is 17.2. The summed E-state index contributed by atoms with van der Waals surface area (Å²) in [5.41, 5.74) is 1.56. The predicted molar refractivity (Wildman–Crippen MR) is 94.0 cm³/mol. The van der Waals surface area contributed by atoms with Crippen LogP contribution in [0.1, 0.15) is 49.4 Å². The molecule has 0 aliphatic carbocycles. The van der Waals surface area contributed by atoms with Gasteiger partial charge in [0, 0.05) is 18.5 Å². The first-order valence-corrected chi connectivity index (χ1v) is 8.87. The van der Waals surface area contributed by atoms with Crippen LogP contribution in [0.3, 0.4) is 0 Å². The second kappa shape index (κ2) is 6.70. The first-order valence-electron chi connectivity index (χ1n) is 8.87. The van der Waals surface area contributed by atoms with Crippen LogP contribution in [0.2, 0.25) is 0 Å². The van der Waals surface area contributed by atoms with E-state index < -0.39 is 0 Å². The molecule has 0 spiro atoms. The highest BCUT2D eigenvalue weighted by Gasteiger charge is 2.23. The third kappa shape index (κ3) is 3.16. The van der Waals surface area contributed by atoms with E-state index in [-0.39, 0.29) is 18.6 Å². The summed E-state index contributed by atoms with van der Waals surface area (Å²) in [4.78, 5) is 12.6. The number of benzene rings is 1. The molecular formula is C19H22N4O2. The summed E-state index contributed by atoms with van der Waals surface area (Å²) in [5, 5.41) is 11.7. The number of hydrogen-bond donors (Lipinski definition) is 1. The topological polar surface area (TPSA) is 69.0 Å². The summed E-state index contributed by atoms with van der Waals surface area (Å²) >= 11 is 0. The van der Waals surface area contributed by atoms with Crippen LogP contribution >= 0.6 is 0 Å². The number of aryl methyl sites for hydroxylation is 1. The Kier molecular flexibility index (Phi) is 4.26. The maximum absolute atomic E-state index is 12.6. The molecule has 0 unspecified atom stereocenters. The fourth-order valence-corrected chi connectivity index (χ4v) is 3.43. The zero-order valence-electron chi connectivity index (χ0n) is 14.4. The molecule has 0 fully saturated rings. The number of carbonyl (C=O) groups is 1. The summed E-state index contributed by atoms with van der Waals surface area (Å²) in [6.07, 6.45) is 6.36. The van der Waals surface area contributed by atoms with Crippen molar-refractivity contribution in [1.29, 1.82) is 0 Å². The molecule has 1 amide bonds. The number of para-hydroxylation sites is 1. The van der Waals surface area contributed by atoms with Crippen LogP contribution in [-0.2, 0) is 17.8 Å². The molecule has 1 N–H and O–H groups in total. The average Bonchev–Trinajstić information content (AvgIpc) is 2.90. The van der Waals surface area contributed by atoms with Crippen molar-refractivity contribution >= 4 is 12.0 Å². The number of nitrogens with one attached hydrogen (secondary N) is 1. The number of rotatable bonds is 3. The normalized spacial score (nSPS) is 17.4. The number of nitrogens with zero attached hydrogens (tertiary/aromatic N) is 3. The minimum Gasteiger partial charge on any atom is -0.488 e. The van der Waals surface area contributed by atoms with Crippen molar-refractivity contribution in [3.63, 3.8) is 0 Å². The highest BCUT2D eigenvalue weighted by Crippen LogP contribution is 2.26. The third-order valence-corrected chi connectivity index (χ3v) is 4.80. The molecule has 1 atom stereocenters. The maximum Gasteiger partial charge on any atom is 0.251 e. The van der Waals surface area contributed by atoms with Gasteiger partial charge in [0.1, 0.15) is 18.2 Å². The van der Waals surface area contributed by atoms with Crippen LogP contribution in [-0.4, -0.2) is 27.3 Å². The Hall–Kier alpha value is -2.63. The SMILES string of the molecule is C[C@H](NC(=O)C1=Cc2ccccc2OC1)c1nnc2n1CCCCC2. The Balaban J connectivity index is 1.50. The van der Waals surface area contributed by atoms with Gasteiger partial charge in [0.2, 0.25) is 0 Å². The van der Waals surface area contributed by atoms with Crippen molar-refractivity contribution in [2.45, 2.75) is 45.2 Å². The molecule has 6 nitrogen and oxygen atoms in total. The molecule has 0 saturated heterocycles. The number of fused-ring (bicyclic) bond motifs is 2. The minimum absolute atomic E-state index is 0.118. The Morgan fingerprint density at radius 2 is 2.12 bits per heavy atom. The van der Waals surface area contributed by atoms with Crippen molar-refractivity contribution in [1.82, 2.24) is 20.1 Å². The van der Waals surface area contributed by atoms with Gasteiger partial charge in [0.15, 0.2) is 5.82 Å². The molecule has 0 radical (unpaired) electrons. The first-order chi connectivity index (χ1) is 12.2. The van der Waals surface area contributed by atoms with Crippen molar-refractivity contribution in [2.24, 2.45) is 0 Å². The van der Waals surface area contributed by atoms with Gasteiger partial charge >= 0.3 is 0 Å². The van der Waals surface area contributed by atoms with E-state index in [0.717, 1.165) is 48.8 Å². The van der Waals surface area contributed by atoms with E-state index in [1.54, 1.807) is 0 Å². The Morgan fingerprint density at radius 3 is 3.04 bits per heavy atom. The summed E-state index contributed by atoms with van der Waals surface area (Å²) in [6.45, 7) is 3.17. The molecular weight excluding hydrogens is 316 g/mol. The minimum atomic E-state index is -0.190. The molecule has 2 aliphatic rings. The Labute approximate surface area is 146 Å². The highest BCUT2D eigenvalue weighted by molar-refractivity contribution is 5.99. The van der Waals surface area contributed by atoms with Gasteiger partial charge < -0.3 is 14.6 Å². The van der Waals surface area contributed by atoms with Crippen molar-refractivity contribution in [2.75, 3.05) is 6.61 Å². The van der Waals surface area contributed by atoms with E-state index in [1.807, 2.05) is 37.3 Å². The summed E-state index contributed by atoms with van der Waals surface area (Å²) in [5.74, 6) is 2.56. The van der Waals surface area contributed by atoms with Gasteiger partial charge in [-0.2, -0.15) is 0 Å². The lowest BCUT2D eigenvalue weighted by Crippen LogP contribution is -2.32. The number of amides is 1. The van der Waals surface area contributed by atoms with Gasteiger partial charge in [-0.25, -0.2) is 0 Å². The number of hydrogen-bond acceptors (Lipinski definition) is 4. The molecule has 25 heavy (non-hydrogen) atoms. The summed E-state index contributed by atoms with van der Waals surface area (Å²) < 4.78 is 7.84. The maximum atomic E-state index is 12.6. The van der Waals surface area contributed by atoms with Crippen LogP contribution in [0, 0.1) is 0 Å². The summed E-state index contributed by atoms with van der Waals surface area (Å²) in [7, 11) is 0. The largest absolute Gasteiger partial charge is 0.488 e. The monoisotopic (exact) mass is 338 g/mol. The van der Waals surface area contributed by atoms with Crippen LogP contribution < -0.4 is 10.1 Å². The van der Waals surface area contributed by atoms with Crippen LogP contribution in [0.4, 0.5) is 0 Å². The molecule has 3 heterocycles. The van der Waals surface area contributed by atoms with E-state index >= 15 is 0 Å². The second-order valence-electron chi connectivity index (χ2n) is 6.63. The molecule has 4 rings (SSSR count). The molecule has 1 aromatic heterocycles. The van der Waals surface area contributed by atoms with E-state index in [9.17, 15) is 4.79 Å². The van der Waals surface area contributed by atoms with Crippen LogP contribution in [0.5, 0.6) is 5.75 Å². The van der Waals surface area contributed by atoms with Gasteiger partial charge in [-0.15, -0.1) is 10.2 Å². The van der Waals surface area contributed by atoms with Gasteiger partial charge in [-0.1, -0.05) is 24.6 Å². The number of carbonyl (C=O) groups excluding carboxylic acids is 1. The Bertz CT molecular complexity index is 825. The molecule has 130 valence electrons. The summed E-state index contributed by atoms with van der Waals surface area (Å²) in [6, 6.07) is 7.53. The van der Waals surface area contributed by atoms with E-state index in [4.69, 9.17) is 4.74 Å². The lowest BCUT2D eigenvalue weighted by molar-refractivity contribution is -0.118. The fourth-order valence-electron chi connectivity index (χ4n) is 3.43. The third-order valence-electron chi connectivity index (χ3n) is 4.80. The first kappa shape index (κ1) is 15.9. The quantitative estimate of drug-likeness (QED) is 0.934. The Morgan fingerprint density at radius 1 is 1.24 bits per heavy atom. The second-order valence-corrected chi connectivity index (χ2v) is 6.63. The predicted octanol–water partition coefficient (Wildman–Crippen LogP) is 2.66. The van der Waals surface area contributed by atoms with E-state index in [0.29, 0.717) is 5.57 Å². The van der Waals surface area contributed by atoms with Crippen LogP contribution in [0.25, 0.3) is 6.08 Å². The molecule has 6 heteroatoms. The average molecular weight is 338 g/mol. The molecule has 0 bridgehead atoms. The van der Waals surface area contributed by atoms with Gasteiger partial charge in [0.05, 0.1) is 11.6 Å². The highest BCUT2D eigenvalue weighted by atomic mass is 16.5. The number of aromatic nitrogens is 3. The van der Waals surface area contributed by atoms with Crippen molar-refractivity contribution in [3.05, 3.63) is 47.1 Å². The van der Waals surface area contributed by atoms with Crippen molar-refractivity contribution < 1.29 is 9.53 Å². The zero-order valence-corrected chi connectivity index (χ0v) is 14.4. The molecule has 1 aromatic carbocycles. The fraction of sp³-hybridized carbons (Fsp3) is 0.421. The lowest BCUT2D eigenvalue weighted by atomic mass is 10.1. The lowest BCUT2D eigenvalue weighted by Gasteiger charge is -2.20. The molecule has 2 aliphatic heterocycles. The van der Waals surface area contributed by atoms with Gasteiger partial charge in [-0.3, -0.25) is 4.79 Å². The number of ether oxygens (including phenoxy) is 1. The van der Waals surface area contributed by atoms with Crippen LogP contribution in [0.15, 0.2) is 29.8 Å². The van der Waals surface area contributed by atoms with Gasteiger partial charge in [0.25, 0.3) is 5.91 Å². The molecule has 0 saturated carbocycles.